The monoisotopic (exact) mass is 365 g/mol. The van der Waals surface area contributed by atoms with Crippen molar-refractivity contribution in [3.05, 3.63) is 47.3 Å². The van der Waals surface area contributed by atoms with Crippen molar-refractivity contribution in [2.45, 2.75) is 37.8 Å². The molecule has 0 radical (unpaired) electrons. The number of hydrogen-bond donors (Lipinski definition) is 0. The van der Waals surface area contributed by atoms with Crippen LogP contribution in [0.3, 0.4) is 0 Å². The first-order valence-corrected chi connectivity index (χ1v) is 8.15. The van der Waals surface area contributed by atoms with E-state index in [2.05, 4.69) is 15.0 Å². The molecule has 138 valence electrons. The highest BCUT2D eigenvalue weighted by Gasteiger charge is 2.32. The number of rotatable bonds is 4. The van der Waals surface area contributed by atoms with Gasteiger partial charge in [0.2, 0.25) is 0 Å². The molecular formula is C17H17F2N3O4. The minimum Gasteiger partial charge on any atom is -0.464 e. The fourth-order valence-electron chi connectivity index (χ4n) is 3.01. The normalized spacial score (nSPS) is 19.8. The maximum Gasteiger partial charge on any atom is 0.360 e. The summed E-state index contributed by atoms with van der Waals surface area (Å²) in [7, 11) is 1.24. The van der Waals surface area contributed by atoms with Gasteiger partial charge in [-0.05, 0) is 37.5 Å². The zero-order valence-corrected chi connectivity index (χ0v) is 14.0. The molecule has 26 heavy (non-hydrogen) atoms. The number of aromatic nitrogens is 3. The van der Waals surface area contributed by atoms with E-state index in [0.29, 0.717) is 12.8 Å². The van der Waals surface area contributed by atoms with Gasteiger partial charge in [0.25, 0.3) is 0 Å². The number of nitrogens with zero attached hydrogens (tertiary/aromatic N) is 3. The number of ether oxygens (including phenoxy) is 2. The van der Waals surface area contributed by atoms with Crippen molar-refractivity contribution in [1.29, 1.82) is 0 Å². The standard InChI is InChI=1S/C17H17F2N3O4/c1-25-17(24)13-9-22(21-20-13)14-4-2-3-5-15(14)26-16(23)11-8-10(18)6-7-12(11)19/h6-9,14-15H,2-5H2,1H3. The van der Waals surface area contributed by atoms with Crippen molar-refractivity contribution in [3.63, 3.8) is 0 Å². The van der Waals surface area contributed by atoms with Gasteiger partial charge in [-0.2, -0.15) is 0 Å². The van der Waals surface area contributed by atoms with Crippen LogP contribution < -0.4 is 0 Å². The summed E-state index contributed by atoms with van der Waals surface area (Å²) in [6, 6.07) is 2.26. The largest absolute Gasteiger partial charge is 0.464 e. The number of carbonyl (C=O) groups is 2. The lowest BCUT2D eigenvalue weighted by atomic mass is 9.92. The molecule has 0 N–H and O–H groups in total. The molecule has 0 bridgehead atoms. The highest BCUT2D eigenvalue weighted by Crippen LogP contribution is 2.31. The van der Waals surface area contributed by atoms with Crippen LogP contribution in [0.2, 0.25) is 0 Å². The van der Waals surface area contributed by atoms with Crippen molar-refractivity contribution in [3.8, 4) is 0 Å². The lowest BCUT2D eigenvalue weighted by Gasteiger charge is -2.30. The van der Waals surface area contributed by atoms with E-state index >= 15 is 0 Å². The van der Waals surface area contributed by atoms with Gasteiger partial charge in [0.05, 0.1) is 24.9 Å². The van der Waals surface area contributed by atoms with Gasteiger partial charge in [0.15, 0.2) is 5.69 Å². The summed E-state index contributed by atoms with van der Waals surface area (Å²) in [6.45, 7) is 0. The molecule has 1 saturated carbocycles. The molecule has 0 spiro atoms. The summed E-state index contributed by atoms with van der Waals surface area (Å²) in [5, 5.41) is 7.66. The maximum atomic E-state index is 13.8. The Balaban J connectivity index is 1.79. The fraction of sp³-hybridized carbons (Fsp3) is 0.412. The molecular weight excluding hydrogens is 348 g/mol. The lowest BCUT2D eigenvalue weighted by Crippen LogP contribution is -2.33. The molecule has 1 aliphatic carbocycles. The first-order valence-electron chi connectivity index (χ1n) is 8.15. The van der Waals surface area contributed by atoms with Gasteiger partial charge in [0.1, 0.15) is 17.7 Å². The van der Waals surface area contributed by atoms with E-state index in [9.17, 15) is 18.4 Å². The van der Waals surface area contributed by atoms with Crippen LogP contribution in [-0.4, -0.2) is 40.1 Å². The molecule has 2 unspecified atom stereocenters. The van der Waals surface area contributed by atoms with Crippen LogP contribution >= 0.6 is 0 Å². The second-order valence-electron chi connectivity index (χ2n) is 6.00. The van der Waals surface area contributed by atoms with Crippen molar-refractivity contribution in [1.82, 2.24) is 15.0 Å². The van der Waals surface area contributed by atoms with Crippen LogP contribution in [0.5, 0.6) is 0 Å². The number of esters is 2. The average molecular weight is 365 g/mol. The number of carbonyl (C=O) groups excluding carboxylic acids is 2. The molecule has 0 amide bonds. The van der Waals surface area contributed by atoms with Crippen LogP contribution in [0.4, 0.5) is 8.78 Å². The Morgan fingerprint density at radius 1 is 1.19 bits per heavy atom. The number of halogens is 2. The van der Waals surface area contributed by atoms with E-state index in [4.69, 9.17) is 4.74 Å². The molecule has 1 aromatic carbocycles. The molecule has 9 heteroatoms. The van der Waals surface area contributed by atoms with Crippen LogP contribution in [0.15, 0.2) is 24.4 Å². The molecule has 2 aromatic rings. The van der Waals surface area contributed by atoms with E-state index in [1.807, 2.05) is 0 Å². The van der Waals surface area contributed by atoms with E-state index in [-0.39, 0.29) is 11.7 Å². The van der Waals surface area contributed by atoms with Gasteiger partial charge in [-0.15, -0.1) is 5.10 Å². The summed E-state index contributed by atoms with van der Waals surface area (Å²) in [5.74, 6) is -3.13. The third-order valence-corrected chi connectivity index (χ3v) is 4.32. The van der Waals surface area contributed by atoms with E-state index in [0.717, 1.165) is 31.0 Å². The van der Waals surface area contributed by atoms with Gasteiger partial charge < -0.3 is 9.47 Å². The van der Waals surface area contributed by atoms with Gasteiger partial charge in [-0.3, -0.25) is 0 Å². The molecule has 3 rings (SSSR count). The highest BCUT2D eigenvalue weighted by molar-refractivity contribution is 5.89. The zero-order valence-electron chi connectivity index (χ0n) is 14.0. The third kappa shape index (κ3) is 3.71. The first kappa shape index (κ1) is 18.0. The Kier molecular flexibility index (Phi) is 5.24. The summed E-state index contributed by atoms with van der Waals surface area (Å²) in [5.41, 5.74) is -0.414. The number of benzene rings is 1. The first-order chi connectivity index (χ1) is 12.5. The van der Waals surface area contributed by atoms with Crippen molar-refractivity contribution in [2.24, 2.45) is 0 Å². The van der Waals surface area contributed by atoms with Gasteiger partial charge in [0, 0.05) is 0 Å². The number of hydrogen-bond acceptors (Lipinski definition) is 6. The highest BCUT2D eigenvalue weighted by atomic mass is 19.1. The second kappa shape index (κ2) is 7.59. The molecule has 0 aliphatic heterocycles. The number of methoxy groups -OCH3 is 1. The van der Waals surface area contributed by atoms with Crippen LogP contribution in [0, 0.1) is 11.6 Å². The Bertz CT molecular complexity index is 824. The minimum absolute atomic E-state index is 0.0410. The molecule has 0 saturated heterocycles. The summed E-state index contributed by atoms with van der Waals surface area (Å²) < 4.78 is 38.5. The Morgan fingerprint density at radius 3 is 2.73 bits per heavy atom. The molecule has 1 aromatic heterocycles. The van der Waals surface area contributed by atoms with E-state index in [1.165, 1.54) is 18.0 Å². The zero-order chi connectivity index (χ0) is 18.7. The van der Waals surface area contributed by atoms with Crippen molar-refractivity contribution >= 4 is 11.9 Å². The average Bonchev–Trinajstić information content (AvgIpc) is 3.13. The fourth-order valence-corrected chi connectivity index (χ4v) is 3.01. The van der Waals surface area contributed by atoms with Gasteiger partial charge >= 0.3 is 11.9 Å². The van der Waals surface area contributed by atoms with E-state index in [1.54, 1.807) is 0 Å². The van der Waals surface area contributed by atoms with Crippen LogP contribution in [0.1, 0.15) is 52.6 Å². The van der Waals surface area contributed by atoms with Crippen molar-refractivity contribution < 1.29 is 27.8 Å². The molecule has 1 aliphatic rings. The lowest BCUT2D eigenvalue weighted by molar-refractivity contribution is 0.00125. The second-order valence-corrected chi connectivity index (χ2v) is 6.00. The summed E-state index contributed by atoms with van der Waals surface area (Å²) in [6.07, 6.45) is 3.71. The molecule has 7 nitrogen and oxygen atoms in total. The predicted octanol–water partition coefficient (Wildman–Crippen LogP) is 2.68. The van der Waals surface area contributed by atoms with Crippen molar-refractivity contribution in [2.75, 3.05) is 7.11 Å². The predicted molar refractivity (Wildman–Crippen MR) is 84.4 cm³/mol. The molecule has 2 atom stereocenters. The smallest absolute Gasteiger partial charge is 0.360 e. The van der Waals surface area contributed by atoms with Crippen LogP contribution in [0.25, 0.3) is 0 Å². The quantitative estimate of drug-likeness (QED) is 0.775. The third-order valence-electron chi connectivity index (χ3n) is 4.32. The van der Waals surface area contributed by atoms with Crippen LogP contribution in [-0.2, 0) is 9.47 Å². The summed E-state index contributed by atoms with van der Waals surface area (Å²) in [4.78, 5) is 23.8. The van der Waals surface area contributed by atoms with E-state index < -0.39 is 35.2 Å². The Morgan fingerprint density at radius 2 is 1.96 bits per heavy atom. The van der Waals surface area contributed by atoms with Gasteiger partial charge in [-0.25, -0.2) is 23.1 Å². The maximum absolute atomic E-state index is 13.8. The molecule has 1 fully saturated rings. The Hall–Kier alpha value is -2.84. The minimum atomic E-state index is -0.938. The summed E-state index contributed by atoms with van der Waals surface area (Å²) >= 11 is 0. The van der Waals surface area contributed by atoms with Gasteiger partial charge in [-0.1, -0.05) is 11.6 Å². The SMILES string of the molecule is COC(=O)c1cn(C2CCCCC2OC(=O)c2cc(F)ccc2F)nn1. The molecule has 1 heterocycles. The Labute approximate surface area is 147 Å². The topological polar surface area (TPSA) is 83.3 Å².